The number of nitrogens with one attached hydrogen (secondary N) is 2. The maximum absolute atomic E-state index is 13.0. The summed E-state index contributed by atoms with van der Waals surface area (Å²) in [6.45, 7) is 3.56. The Labute approximate surface area is 174 Å². The van der Waals surface area contributed by atoms with Crippen LogP contribution in [0.15, 0.2) is 30.3 Å². The van der Waals surface area contributed by atoms with Gasteiger partial charge in [-0.25, -0.2) is 0 Å². The van der Waals surface area contributed by atoms with Crippen molar-refractivity contribution in [3.05, 3.63) is 35.9 Å². The summed E-state index contributed by atoms with van der Waals surface area (Å²) in [5, 5.41) is 6.90. The number of fused-ring (bicyclic) bond motifs is 2. The van der Waals surface area contributed by atoms with Crippen molar-refractivity contribution in [2.75, 3.05) is 13.1 Å². The maximum Gasteiger partial charge on any atom is 0.230 e. The Hall–Kier alpha value is -1.88. The third-order valence-corrected chi connectivity index (χ3v) is 7.12. The summed E-state index contributed by atoms with van der Waals surface area (Å²) in [5.74, 6) is 0.912. The van der Waals surface area contributed by atoms with Crippen molar-refractivity contribution in [2.45, 2.75) is 82.3 Å². The van der Waals surface area contributed by atoms with Gasteiger partial charge in [-0.2, -0.15) is 0 Å². The lowest BCUT2D eigenvalue weighted by molar-refractivity contribution is -0.134. The Morgan fingerprint density at radius 2 is 1.72 bits per heavy atom. The van der Waals surface area contributed by atoms with Gasteiger partial charge >= 0.3 is 0 Å². The van der Waals surface area contributed by atoms with Crippen LogP contribution < -0.4 is 10.6 Å². The van der Waals surface area contributed by atoms with E-state index < -0.39 is 0 Å². The summed E-state index contributed by atoms with van der Waals surface area (Å²) in [5.41, 5.74) is 1.10. The average molecular weight is 398 g/mol. The highest BCUT2D eigenvalue weighted by molar-refractivity contribution is 5.84. The van der Waals surface area contributed by atoms with Crippen LogP contribution in [0.25, 0.3) is 0 Å². The van der Waals surface area contributed by atoms with Gasteiger partial charge in [-0.3, -0.25) is 9.59 Å². The van der Waals surface area contributed by atoms with Crippen LogP contribution in [0.2, 0.25) is 0 Å². The fourth-order valence-corrected chi connectivity index (χ4v) is 5.59. The standard InChI is InChI=1S/C24H35N3O2/c1-2-22(18-6-4-3-5-7-18)24(29)27-12-10-19(11-13-27)26-23(28)16-17-14-20-8-9-21(15-17)25-20/h3-7,17,19-22,25H,2,8-16H2,1H3,(H,26,28). The quantitative estimate of drug-likeness (QED) is 0.775. The van der Waals surface area contributed by atoms with Crippen molar-refractivity contribution in [3.63, 3.8) is 0 Å². The molecule has 2 amide bonds. The lowest BCUT2D eigenvalue weighted by Crippen LogP contribution is -2.48. The summed E-state index contributed by atoms with van der Waals surface area (Å²) in [4.78, 5) is 27.6. The summed E-state index contributed by atoms with van der Waals surface area (Å²) < 4.78 is 0. The van der Waals surface area contributed by atoms with Gasteiger partial charge in [0.05, 0.1) is 5.92 Å². The molecule has 3 heterocycles. The molecule has 3 aliphatic rings. The van der Waals surface area contributed by atoms with Crippen LogP contribution in [0.3, 0.4) is 0 Å². The SMILES string of the molecule is CCC(C(=O)N1CCC(NC(=O)CC2CC3CCC(C2)N3)CC1)c1ccccc1. The molecule has 3 fully saturated rings. The van der Waals surface area contributed by atoms with Crippen molar-refractivity contribution in [3.8, 4) is 0 Å². The van der Waals surface area contributed by atoms with E-state index in [0.29, 0.717) is 24.4 Å². The molecule has 3 atom stereocenters. The zero-order chi connectivity index (χ0) is 20.2. The molecule has 3 aliphatic heterocycles. The number of benzene rings is 1. The average Bonchev–Trinajstić information content (AvgIpc) is 3.08. The van der Waals surface area contributed by atoms with Gasteiger partial charge in [-0.1, -0.05) is 37.3 Å². The third kappa shape index (κ3) is 5.00. The largest absolute Gasteiger partial charge is 0.353 e. The van der Waals surface area contributed by atoms with Crippen LogP contribution in [0.1, 0.15) is 69.8 Å². The van der Waals surface area contributed by atoms with Gasteiger partial charge in [0.1, 0.15) is 0 Å². The second-order valence-corrected chi connectivity index (χ2v) is 9.22. The van der Waals surface area contributed by atoms with Gasteiger partial charge in [0.15, 0.2) is 0 Å². The molecule has 3 unspecified atom stereocenters. The Balaban J connectivity index is 1.23. The Morgan fingerprint density at radius 3 is 2.34 bits per heavy atom. The Kier molecular flexibility index (Phi) is 6.53. The second-order valence-electron chi connectivity index (χ2n) is 9.22. The van der Waals surface area contributed by atoms with Crippen LogP contribution in [-0.4, -0.2) is 47.9 Å². The lowest BCUT2D eigenvalue weighted by atomic mass is 9.89. The zero-order valence-corrected chi connectivity index (χ0v) is 17.6. The van der Waals surface area contributed by atoms with Crippen LogP contribution in [0, 0.1) is 5.92 Å². The van der Waals surface area contributed by atoms with Crippen LogP contribution >= 0.6 is 0 Å². The minimum atomic E-state index is -0.0578. The van der Waals surface area contributed by atoms with E-state index in [2.05, 4.69) is 17.6 Å². The highest BCUT2D eigenvalue weighted by Gasteiger charge is 2.35. The molecule has 0 saturated carbocycles. The van der Waals surface area contributed by atoms with E-state index in [0.717, 1.165) is 50.8 Å². The number of hydrogen-bond acceptors (Lipinski definition) is 3. The number of likely N-dealkylation sites (tertiary alicyclic amines) is 1. The molecule has 2 N–H and O–H groups in total. The van der Waals surface area contributed by atoms with Crippen LogP contribution in [0.4, 0.5) is 0 Å². The molecule has 5 nitrogen and oxygen atoms in total. The first-order valence-electron chi connectivity index (χ1n) is 11.5. The van der Waals surface area contributed by atoms with Crippen LogP contribution in [0.5, 0.6) is 0 Å². The van der Waals surface area contributed by atoms with E-state index in [1.54, 1.807) is 0 Å². The number of hydrogen-bond donors (Lipinski definition) is 2. The van der Waals surface area contributed by atoms with E-state index in [-0.39, 0.29) is 23.8 Å². The van der Waals surface area contributed by atoms with E-state index in [9.17, 15) is 9.59 Å². The van der Waals surface area contributed by atoms with Crippen molar-refractivity contribution in [1.29, 1.82) is 0 Å². The monoisotopic (exact) mass is 397 g/mol. The van der Waals surface area contributed by atoms with Crippen molar-refractivity contribution < 1.29 is 9.59 Å². The summed E-state index contributed by atoms with van der Waals surface area (Å²) in [6, 6.07) is 11.6. The van der Waals surface area contributed by atoms with E-state index in [4.69, 9.17) is 0 Å². The topological polar surface area (TPSA) is 61.4 Å². The predicted octanol–water partition coefficient (Wildman–Crippen LogP) is 3.21. The number of piperidine rings is 2. The highest BCUT2D eigenvalue weighted by Crippen LogP contribution is 2.32. The Bertz CT molecular complexity index is 687. The minimum Gasteiger partial charge on any atom is -0.353 e. The van der Waals surface area contributed by atoms with Gasteiger partial charge in [-0.05, 0) is 56.4 Å². The maximum atomic E-state index is 13.0. The van der Waals surface area contributed by atoms with E-state index in [1.807, 2.05) is 35.2 Å². The molecule has 0 radical (unpaired) electrons. The van der Waals surface area contributed by atoms with Gasteiger partial charge in [0.25, 0.3) is 0 Å². The first kappa shape index (κ1) is 20.4. The van der Waals surface area contributed by atoms with Crippen molar-refractivity contribution in [2.24, 2.45) is 5.92 Å². The van der Waals surface area contributed by atoms with E-state index >= 15 is 0 Å². The first-order valence-corrected chi connectivity index (χ1v) is 11.5. The van der Waals surface area contributed by atoms with Gasteiger partial charge in [0, 0.05) is 37.6 Å². The zero-order valence-electron chi connectivity index (χ0n) is 17.6. The van der Waals surface area contributed by atoms with Gasteiger partial charge in [-0.15, -0.1) is 0 Å². The number of amides is 2. The van der Waals surface area contributed by atoms with Crippen molar-refractivity contribution in [1.82, 2.24) is 15.5 Å². The Morgan fingerprint density at radius 1 is 1.07 bits per heavy atom. The molecule has 29 heavy (non-hydrogen) atoms. The molecule has 2 bridgehead atoms. The summed E-state index contributed by atoms with van der Waals surface area (Å²) in [7, 11) is 0. The number of nitrogens with zero attached hydrogens (tertiary/aromatic N) is 1. The van der Waals surface area contributed by atoms with E-state index in [1.165, 1.54) is 12.8 Å². The van der Waals surface area contributed by atoms with Crippen LogP contribution in [-0.2, 0) is 9.59 Å². The molecule has 4 rings (SSSR count). The molecule has 158 valence electrons. The third-order valence-electron chi connectivity index (χ3n) is 7.12. The highest BCUT2D eigenvalue weighted by atomic mass is 16.2. The molecule has 5 heteroatoms. The smallest absolute Gasteiger partial charge is 0.230 e. The minimum absolute atomic E-state index is 0.0578. The molecule has 1 aromatic rings. The number of carbonyl (C=O) groups excluding carboxylic acids is 2. The fraction of sp³-hybridized carbons (Fsp3) is 0.667. The number of rotatable bonds is 6. The molecule has 0 aliphatic carbocycles. The molecule has 0 spiro atoms. The predicted molar refractivity (Wildman–Crippen MR) is 115 cm³/mol. The first-order chi connectivity index (χ1) is 14.1. The number of carbonyl (C=O) groups is 2. The van der Waals surface area contributed by atoms with Crippen molar-refractivity contribution >= 4 is 11.8 Å². The molecule has 3 saturated heterocycles. The normalized spacial score (nSPS) is 28.2. The second kappa shape index (κ2) is 9.29. The molecular formula is C24H35N3O2. The summed E-state index contributed by atoms with van der Waals surface area (Å²) >= 11 is 0. The lowest BCUT2D eigenvalue weighted by Gasteiger charge is -2.35. The summed E-state index contributed by atoms with van der Waals surface area (Å²) in [6.07, 6.45) is 8.05. The molecular weight excluding hydrogens is 362 g/mol. The molecule has 1 aromatic carbocycles. The fourth-order valence-electron chi connectivity index (χ4n) is 5.59. The molecule has 0 aromatic heterocycles. The van der Waals surface area contributed by atoms with Gasteiger partial charge < -0.3 is 15.5 Å². The van der Waals surface area contributed by atoms with Gasteiger partial charge in [0.2, 0.25) is 11.8 Å².